The Kier molecular flexibility index (Phi) is 3.61. The Morgan fingerprint density at radius 1 is 0.760 bits per heavy atom. The molecular formula is C23H20NO+. The molecule has 0 spiro atoms. The smallest absolute Gasteiger partial charge is 0.213 e. The zero-order valence-electron chi connectivity index (χ0n) is 14.7. The molecule has 0 aliphatic rings. The number of aldehydes is 1. The summed E-state index contributed by atoms with van der Waals surface area (Å²) in [5.74, 6) is 0. The molecule has 1 aromatic heterocycles. The van der Waals surface area contributed by atoms with Gasteiger partial charge in [0, 0.05) is 23.3 Å². The van der Waals surface area contributed by atoms with Gasteiger partial charge >= 0.3 is 0 Å². The van der Waals surface area contributed by atoms with E-state index in [2.05, 4.69) is 74.0 Å². The number of carbonyl (C=O) groups excluding carboxylic acids is 1. The molecule has 2 nitrogen and oxygen atoms in total. The zero-order chi connectivity index (χ0) is 17.6. The summed E-state index contributed by atoms with van der Waals surface area (Å²) in [5.41, 5.74) is 7.87. The fourth-order valence-corrected chi connectivity index (χ4v) is 3.96. The van der Waals surface area contributed by atoms with Crippen LogP contribution in [0.3, 0.4) is 0 Å². The minimum absolute atomic E-state index is 0.730. The molecule has 4 rings (SSSR count). The number of pyridine rings is 1. The Hall–Kier alpha value is -3.00. The summed E-state index contributed by atoms with van der Waals surface area (Å²) in [7, 11) is 2.11. The van der Waals surface area contributed by atoms with Crippen molar-refractivity contribution in [3.05, 3.63) is 77.4 Å². The van der Waals surface area contributed by atoms with E-state index in [9.17, 15) is 4.79 Å². The molecule has 0 saturated heterocycles. The van der Waals surface area contributed by atoms with Crippen LogP contribution in [0.1, 0.15) is 21.5 Å². The van der Waals surface area contributed by atoms with Crippen molar-refractivity contribution in [2.45, 2.75) is 13.8 Å². The maximum atomic E-state index is 11.2. The van der Waals surface area contributed by atoms with Gasteiger partial charge in [-0.25, -0.2) is 0 Å². The molecule has 122 valence electrons. The van der Waals surface area contributed by atoms with E-state index in [1.807, 2.05) is 12.1 Å². The topological polar surface area (TPSA) is 20.9 Å². The molecule has 0 radical (unpaired) electrons. The number of nitrogens with zero attached hydrogens (tertiary/aromatic N) is 1. The Bertz CT molecular complexity index is 1060. The van der Waals surface area contributed by atoms with E-state index in [1.54, 1.807) is 0 Å². The number of fused-ring (bicyclic) bond motifs is 2. The van der Waals surface area contributed by atoms with Crippen molar-refractivity contribution in [1.29, 1.82) is 0 Å². The van der Waals surface area contributed by atoms with Gasteiger partial charge in [0.05, 0.1) is 10.8 Å². The van der Waals surface area contributed by atoms with Gasteiger partial charge in [0.25, 0.3) is 0 Å². The fraction of sp³-hybridized carbons (Fsp3) is 0.130. The number of rotatable bonds is 2. The highest BCUT2D eigenvalue weighted by Crippen LogP contribution is 2.37. The first-order valence-electron chi connectivity index (χ1n) is 8.48. The summed E-state index contributed by atoms with van der Waals surface area (Å²) in [5, 5.41) is 2.46. The minimum atomic E-state index is 0.730. The van der Waals surface area contributed by atoms with Gasteiger partial charge in [-0.2, -0.15) is 4.57 Å². The van der Waals surface area contributed by atoms with Crippen molar-refractivity contribution in [3.63, 3.8) is 0 Å². The number of aryl methyl sites for hydroxylation is 3. The lowest BCUT2D eigenvalue weighted by atomic mass is 9.89. The number of hydrogen-bond acceptors (Lipinski definition) is 1. The molecule has 0 unspecified atom stereocenters. The number of benzene rings is 3. The summed E-state index contributed by atoms with van der Waals surface area (Å²) in [6.07, 6.45) is 0.922. The second-order valence-corrected chi connectivity index (χ2v) is 6.62. The molecule has 0 bridgehead atoms. The summed E-state index contributed by atoms with van der Waals surface area (Å²) in [6.45, 7) is 4.18. The van der Waals surface area contributed by atoms with Crippen molar-refractivity contribution in [2.24, 2.45) is 7.05 Å². The van der Waals surface area contributed by atoms with E-state index in [-0.39, 0.29) is 0 Å². The lowest BCUT2D eigenvalue weighted by Gasteiger charge is -2.15. The first-order chi connectivity index (χ1) is 12.1. The van der Waals surface area contributed by atoms with Gasteiger partial charge in [0.1, 0.15) is 13.3 Å². The molecule has 2 heteroatoms. The highest BCUT2D eigenvalue weighted by Gasteiger charge is 2.20. The highest BCUT2D eigenvalue weighted by molar-refractivity contribution is 6.08. The lowest BCUT2D eigenvalue weighted by molar-refractivity contribution is -0.617. The van der Waals surface area contributed by atoms with Gasteiger partial charge in [-0.3, -0.25) is 4.79 Å². The molecule has 0 saturated carbocycles. The monoisotopic (exact) mass is 326 g/mol. The molecule has 0 aliphatic carbocycles. The van der Waals surface area contributed by atoms with Crippen LogP contribution in [-0.2, 0) is 7.05 Å². The molecule has 0 fully saturated rings. The van der Waals surface area contributed by atoms with E-state index in [0.717, 1.165) is 23.0 Å². The number of carbonyl (C=O) groups is 1. The van der Waals surface area contributed by atoms with E-state index in [0.29, 0.717) is 0 Å². The molecule has 0 amide bonds. The first-order valence-corrected chi connectivity index (χ1v) is 8.48. The largest absolute Gasteiger partial charge is 0.298 e. The SMILES string of the molecule is Cc1cc(C=O)cc(C)c1-c1c2ccccc2[n+](C)c2ccccc12. The van der Waals surface area contributed by atoms with Crippen molar-refractivity contribution < 1.29 is 9.36 Å². The molecular weight excluding hydrogens is 306 g/mol. The van der Waals surface area contributed by atoms with Gasteiger partial charge in [-0.15, -0.1) is 0 Å². The quantitative estimate of drug-likeness (QED) is 0.291. The zero-order valence-corrected chi connectivity index (χ0v) is 14.7. The molecule has 0 aliphatic heterocycles. The Balaban J connectivity index is 2.25. The highest BCUT2D eigenvalue weighted by atomic mass is 16.1. The molecule has 25 heavy (non-hydrogen) atoms. The third kappa shape index (κ3) is 2.33. The lowest BCUT2D eigenvalue weighted by Crippen LogP contribution is -2.30. The van der Waals surface area contributed by atoms with E-state index >= 15 is 0 Å². The third-order valence-electron chi connectivity index (χ3n) is 5.01. The molecule has 3 aromatic carbocycles. The van der Waals surface area contributed by atoms with Crippen molar-refractivity contribution in [3.8, 4) is 11.1 Å². The summed E-state index contributed by atoms with van der Waals surface area (Å²) in [4.78, 5) is 11.2. The minimum Gasteiger partial charge on any atom is -0.298 e. The van der Waals surface area contributed by atoms with Gasteiger partial charge in [0.15, 0.2) is 0 Å². The summed E-state index contributed by atoms with van der Waals surface area (Å²) < 4.78 is 2.25. The standard InChI is InChI=1S/C23H20NO/c1-15-12-17(14-25)13-16(2)22(15)23-18-8-4-6-10-20(18)24(3)21-11-7-5-9-19(21)23/h4-14H,1-3H3/q+1. The normalized spacial score (nSPS) is 11.2. The molecule has 1 heterocycles. The van der Waals surface area contributed by atoms with Crippen LogP contribution in [0.15, 0.2) is 60.7 Å². The fourth-order valence-electron chi connectivity index (χ4n) is 3.96. The maximum absolute atomic E-state index is 11.2. The van der Waals surface area contributed by atoms with Gasteiger partial charge in [0.2, 0.25) is 11.0 Å². The van der Waals surface area contributed by atoms with E-state index in [1.165, 1.54) is 32.9 Å². The Labute approximate surface area is 147 Å². The van der Waals surface area contributed by atoms with Crippen LogP contribution < -0.4 is 4.57 Å². The van der Waals surface area contributed by atoms with Crippen LogP contribution in [0, 0.1) is 13.8 Å². The average Bonchev–Trinajstić information content (AvgIpc) is 2.63. The van der Waals surface area contributed by atoms with Crippen molar-refractivity contribution in [1.82, 2.24) is 0 Å². The predicted octanol–water partition coefficient (Wildman–Crippen LogP) is 4.91. The number of hydrogen-bond donors (Lipinski definition) is 0. The number of aromatic nitrogens is 1. The van der Waals surface area contributed by atoms with Gasteiger partial charge in [-0.05, 0) is 54.8 Å². The average molecular weight is 326 g/mol. The summed E-state index contributed by atoms with van der Waals surface area (Å²) in [6, 6.07) is 21.0. The van der Waals surface area contributed by atoms with E-state index < -0.39 is 0 Å². The van der Waals surface area contributed by atoms with Gasteiger partial charge in [-0.1, -0.05) is 24.3 Å². The second-order valence-electron chi connectivity index (χ2n) is 6.62. The molecule has 4 aromatic rings. The van der Waals surface area contributed by atoms with Crippen LogP contribution in [-0.4, -0.2) is 6.29 Å². The van der Waals surface area contributed by atoms with Crippen LogP contribution in [0.2, 0.25) is 0 Å². The second kappa shape index (κ2) is 5.82. The molecule has 0 atom stereocenters. The Morgan fingerprint density at radius 3 is 1.72 bits per heavy atom. The van der Waals surface area contributed by atoms with Crippen LogP contribution >= 0.6 is 0 Å². The van der Waals surface area contributed by atoms with E-state index in [4.69, 9.17) is 0 Å². The van der Waals surface area contributed by atoms with Crippen LogP contribution in [0.5, 0.6) is 0 Å². The van der Waals surface area contributed by atoms with Crippen LogP contribution in [0.25, 0.3) is 32.9 Å². The number of para-hydroxylation sites is 2. The van der Waals surface area contributed by atoms with Crippen LogP contribution in [0.4, 0.5) is 0 Å². The maximum Gasteiger partial charge on any atom is 0.213 e. The Morgan fingerprint density at radius 2 is 1.24 bits per heavy atom. The van der Waals surface area contributed by atoms with Crippen molar-refractivity contribution in [2.75, 3.05) is 0 Å². The van der Waals surface area contributed by atoms with Crippen molar-refractivity contribution >= 4 is 28.1 Å². The molecule has 0 N–H and O–H groups in total. The summed E-state index contributed by atoms with van der Waals surface area (Å²) >= 11 is 0. The van der Waals surface area contributed by atoms with Gasteiger partial charge < -0.3 is 0 Å². The predicted molar refractivity (Wildman–Crippen MR) is 103 cm³/mol. The first kappa shape index (κ1) is 15.5. The third-order valence-corrected chi connectivity index (χ3v) is 5.01.